The van der Waals surface area contributed by atoms with E-state index in [0.29, 0.717) is 5.92 Å². The monoisotopic (exact) mass is 456 g/mol. The number of nitrogens with two attached hydrogens (primary N) is 1. The van der Waals surface area contributed by atoms with Crippen LogP contribution in [0.5, 0.6) is 0 Å². The Morgan fingerprint density at radius 2 is 1.75 bits per heavy atom. The van der Waals surface area contributed by atoms with Gasteiger partial charge in [-0.15, -0.1) is 0 Å². The van der Waals surface area contributed by atoms with Crippen molar-refractivity contribution in [2.24, 2.45) is 11.1 Å². The Morgan fingerprint density at radius 1 is 1.09 bits per heavy atom. The molecule has 0 saturated heterocycles. The van der Waals surface area contributed by atoms with E-state index in [2.05, 4.69) is 51.3 Å². The van der Waals surface area contributed by atoms with Crippen molar-refractivity contribution in [2.45, 2.75) is 109 Å². The topological polar surface area (TPSA) is 65.1 Å². The van der Waals surface area contributed by atoms with E-state index in [4.69, 9.17) is 5.14 Å². The van der Waals surface area contributed by atoms with Crippen molar-refractivity contribution >= 4 is 10.0 Å². The van der Waals surface area contributed by atoms with E-state index >= 15 is 0 Å². The van der Waals surface area contributed by atoms with Gasteiger partial charge in [0.25, 0.3) is 0 Å². The number of rotatable bonds is 4. The zero-order valence-electron chi connectivity index (χ0n) is 20.7. The largest absolute Gasteiger partial charge is 0.343 e. The van der Waals surface area contributed by atoms with Crippen molar-refractivity contribution in [3.8, 4) is 11.3 Å². The van der Waals surface area contributed by atoms with Crippen LogP contribution in [-0.2, 0) is 33.8 Å². The van der Waals surface area contributed by atoms with Crippen LogP contribution in [0.3, 0.4) is 0 Å². The molecular weight excluding hydrogens is 416 g/mol. The molecule has 5 heteroatoms. The maximum Gasteiger partial charge on any atom is 0.239 e. The first-order valence-corrected chi connectivity index (χ1v) is 13.7. The van der Waals surface area contributed by atoms with Gasteiger partial charge in [-0.3, -0.25) is 0 Å². The number of hydrogen-bond acceptors (Lipinski definition) is 2. The Bertz CT molecular complexity index is 1130. The summed E-state index contributed by atoms with van der Waals surface area (Å²) in [7, 11) is -3.78. The molecule has 0 atom stereocenters. The summed E-state index contributed by atoms with van der Waals surface area (Å²) in [5.74, 6) is 0.592. The van der Waals surface area contributed by atoms with Gasteiger partial charge in [0.15, 0.2) is 0 Å². The predicted octanol–water partition coefficient (Wildman–Crippen LogP) is 6.21. The van der Waals surface area contributed by atoms with Gasteiger partial charge in [0, 0.05) is 17.9 Å². The molecule has 0 amide bonds. The maximum absolute atomic E-state index is 12.4. The predicted molar refractivity (Wildman–Crippen MR) is 133 cm³/mol. The number of primary sulfonamides is 1. The molecule has 2 aliphatic carbocycles. The first-order chi connectivity index (χ1) is 14.8. The highest BCUT2D eigenvalue weighted by atomic mass is 32.2. The van der Waals surface area contributed by atoms with Gasteiger partial charge in [-0.25, -0.2) is 13.6 Å². The molecule has 0 aliphatic heterocycles. The first-order valence-electron chi connectivity index (χ1n) is 12.2. The Balaban J connectivity index is 1.93. The minimum atomic E-state index is -3.78. The second-order valence-corrected chi connectivity index (χ2v) is 13.4. The van der Waals surface area contributed by atoms with Crippen LogP contribution in [0.25, 0.3) is 11.3 Å². The zero-order chi connectivity index (χ0) is 23.5. The molecule has 0 unspecified atom stereocenters. The molecule has 2 N–H and O–H groups in total. The van der Waals surface area contributed by atoms with Gasteiger partial charge in [-0.05, 0) is 89.8 Å². The van der Waals surface area contributed by atoms with Crippen LogP contribution in [0, 0.1) is 12.8 Å². The van der Waals surface area contributed by atoms with Gasteiger partial charge in [-0.2, -0.15) is 0 Å². The van der Waals surface area contributed by atoms with Crippen LogP contribution < -0.4 is 5.14 Å². The molecule has 0 radical (unpaired) electrons. The van der Waals surface area contributed by atoms with Gasteiger partial charge in [0.1, 0.15) is 4.90 Å². The summed E-state index contributed by atoms with van der Waals surface area (Å²) in [6.07, 6.45) is 8.54. The molecule has 176 valence electrons. The molecule has 1 aromatic heterocycles. The van der Waals surface area contributed by atoms with E-state index in [1.165, 1.54) is 48.8 Å². The van der Waals surface area contributed by atoms with E-state index in [1.807, 2.05) is 13.0 Å². The van der Waals surface area contributed by atoms with Crippen molar-refractivity contribution < 1.29 is 8.42 Å². The third-order valence-electron chi connectivity index (χ3n) is 7.87. The summed E-state index contributed by atoms with van der Waals surface area (Å²) >= 11 is 0. The summed E-state index contributed by atoms with van der Waals surface area (Å²) in [6.45, 7) is 14.3. The number of nitrogens with zero attached hydrogens (tertiary/aromatic N) is 1. The van der Waals surface area contributed by atoms with Crippen LogP contribution >= 0.6 is 0 Å². The minimum absolute atomic E-state index is 0.0269. The number of sulfonamides is 1. The zero-order valence-corrected chi connectivity index (χ0v) is 21.5. The third-order valence-corrected chi connectivity index (χ3v) is 8.90. The SMILES string of the molecule is Cc1c(S(N)(=O)=O)cc(-c2cc(C(C)(C)C)c3c(c2)C(C)(C)CC3)n1CC1CCCCC1. The molecule has 0 bridgehead atoms. The van der Waals surface area contributed by atoms with Crippen LogP contribution in [0.1, 0.15) is 95.5 Å². The lowest BCUT2D eigenvalue weighted by Gasteiger charge is -2.28. The average Bonchev–Trinajstić information content (AvgIpc) is 3.18. The van der Waals surface area contributed by atoms with Crippen LogP contribution in [0.15, 0.2) is 23.1 Å². The number of fused-ring (bicyclic) bond motifs is 1. The number of aromatic nitrogens is 1. The lowest BCUT2D eigenvalue weighted by Crippen LogP contribution is -2.18. The Kier molecular flexibility index (Phi) is 5.90. The maximum atomic E-state index is 12.4. The van der Waals surface area contributed by atoms with Crippen molar-refractivity contribution in [1.82, 2.24) is 4.57 Å². The second-order valence-electron chi connectivity index (χ2n) is 11.8. The fourth-order valence-corrected chi connectivity index (χ4v) is 6.74. The molecule has 4 rings (SSSR count). The highest BCUT2D eigenvalue weighted by molar-refractivity contribution is 7.89. The Hall–Kier alpha value is -1.59. The lowest BCUT2D eigenvalue weighted by molar-refractivity contribution is 0.318. The highest BCUT2D eigenvalue weighted by Gasteiger charge is 2.35. The molecule has 32 heavy (non-hydrogen) atoms. The van der Waals surface area contributed by atoms with Crippen LogP contribution in [0.2, 0.25) is 0 Å². The van der Waals surface area contributed by atoms with Gasteiger partial charge < -0.3 is 4.57 Å². The standard InChI is InChI=1S/C27H40N2O2S/c1-18-25(32(28,30)31)16-24(29(18)17-19-10-8-7-9-11-19)20-14-22(26(2,3)4)21-12-13-27(5,6)23(21)15-20/h14-16,19H,7-13,17H2,1-6H3,(H2,28,30,31). The summed E-state index contributed by atoms with van der Waals surface area (Å²) in [6, 6.07) is 6.47. The van der Waals surface area contributed by atoms with Crippen molar-refractivity contribution in [1.29, 1.82) is 0 Å². The van der Waals surface area contributed by atoms with Crippen LogP contribution in [-0.4, -0.2) is 13.0 Å². The van der Waals surface area contributed by atoms with Crippen molar-refractivity contribution in [2.75, 3.05) is 0 Å². The average molecular weight is 457 g/mol. The normalized spacial score (nSPS) is 19.3. The summed E-state index contributed by atoms with van der Waals surface area (Å²) < 4.78 is 27.1. The summed E-state index contributed by atoms with van der Waals surface area (Å²) in [4.78, 5) is 0.264. The van der Waals surface area contributed by atoms with Crippen molar-refractivity contribution in [3.63, 3.8) is 0 Å². The number of hydrogen-bond donors (Lipinski definition) is 1. The molecule has 1 aromatic carbocycles. The van der Waals surface area contributed by atoms with Gasteiger partial charge >= 0.3 is 0 Å². The second kappa shape index (κ2) is 8.02. The highest BCUT2D eigenvalue weighted by Crippen LogP contribution is 2.45. The quantitative estimate of drug-likeness (QED) is 0.594. The smallest absolute Gasteiger partial charge is 0.239 e. The molecular formula is C27H40N2O2S. The van der Waals surface area contributed by atoms with Gasteiger partial charge in [0.2, 0.25) is 10.0 Å². The molecule has 1 heterocycles. The van der Waals surface area contributed by atoms with Gasteiger partial charge in [0.05, 0.1) is 0 Å². The third kappa shape index (κ3) is 4.31. The van der Waals surface area contributed by atoms with E-state index in [-0.39, 0.29) is 15.7 Å². The molecule has 1 fully saturated rings. The van der Waals surface area contributed by atoms with E-state index in [1.54, 1.807) is 0 Å². The minimum Gasteiger partial charge on any atom is -0.343 e. The number of benzene rings is 1. The lowest BCUT2D eigenvalue weighted by atomic mass is 9.78. The molecule has 1 saturated carbocycles. The fraction of sp³-hybridized carbons (Fsp3) is 0.630. The Labute approximate surface area is 194 Å². The summed E-state index contributed by atoms with van der Waals surface area (Å²) in [5.41, 5.74) is 7.33. The van der Waals surface area contributed by atoms with E-state index in [0.717, 1.165) is 36.3 Å². The fourth-order valence-electron chi connectivity index (χ4n) is 5.94. The van der Waals surface area contributed by atoms with E-state index in [9.17, 15) is 8.42 Å². The molecule has 2 aliphatic rings. The van der Waals surface area contributed by atoms with Crippen LogP contribution in [0.4, 0.5) is 0 Å². The van der Waals surface area contributed by atoms with Crippen molar-refractivity contribution in [3.05, 3.63) is 40.6 Å². The van der Waals surface area contributed by atoms with E-state index < -0.39 is 10.0 Å². The summed E-state index contributed by atoms with van der Waals surface area (Å²) in [5, 5.41) is 5.64. The first kappa shape index (κ1) is 23.6. The molecule has 0 spiro atoms. The molecule has 4 nitrogen and oxygen atoms in total. The molecule has 2 aromatic rings. The van der Waals surface area contributed by atoms with Gasteiger partial charge in [-0.1, -0.05) is 53.9 Å². The Morgan fingerprint density at radius 3 is 2.34 bits per heavy atom.